The Labute approximate surface area is 196 Å². The van der Waals surface area contributed by atoms with E-state index in [-0.39, 0.29) is 11.8 Å². The number of para-hydroxylation sites is 1. The molecular formula is C27H24N2O3S. The van der Waals surface area contributed by atoms with Gasteiger partial charge in [0.1, 0.15) is 11.3 Å². The van der Waals surface area contributed by atoms with Gasteiger partial charge in [-0.3, -0.25) is 9.59 Å². The largest absolute Gasteiger partial charge is 0.456 e. The van der Waals surface area contributed by atoms with Crippen LogP contribution in [-0.4, -0.2) is 35.6 Å². The van der Waals surface area contributed by atoms with Crippen LogP contribution in [0.15, 0.2) is 88.2 Å². The lowest BCUT2D eigenvalue weighted by atomic mass is 10.1. The third-order valence-corrected chi connectivity index (χ3v) is 6.85. The van der Waals surface area contributed by atoms with Crippen molar-refractivity contribution in [2.75, 3.05) is 24.2 Å². The summed E-state index contributed by atoms with van der Waals surface area (Å²) in [4.78, 5) is 28.1. The van der Waals surface area contributed by atoms with Gasteiger partial charge in [-0.05, 0) is 61.4 Å². The lowest BCUT2D eigenvalue weighted by Crippen LogP contribution is -2.29. The fraction of sp³-hybridized carbons (Fsp3) is 0.185. The molecule has 166 valence electrons. The minimum absolute atomic E-state index is 0.133. The van der Waals surface area contributed by atoms with Gasteiger partial charge in [0, 0.05) is 34.6 Å². The Morgan fingerprint density at radius 2 is 1.64 bits per heavy atom. The number of rotatable bonds is 6. The molecule has 0 spiro atoms. The van der Waals surface area contributed by atoms with Crippen LogP contribution in [0.1, 0.15) is 23.2 Å². The molecule has 1 N–H and O–H groups in total. The number of nitrogens with zero attached hydrogens (tertiary/aromatic N) is 1. The lowest BCUT2D eigenvalue weighted by Gasteiger charge is -2.15. The van der Waals surface area contributed by atoms with E-state index in [1.54, 1.807) is 6.07 Å². The molecule has 6 heteroatoms. The van der Waals surface area contributed by atoms with Gasteiger partial charge in [-0.2, -0.15) is 0 Å². The number of nitrogens with one attached hydrogen (secondary N) is 1. The third-order valence-electron chi connectivity index (χ3n) is 5.79. The van der Waals surface area contributed by atoms with Crippen molar-refractivity contribution in [2.24, 2.45) is 0 Å². The van der Waals surface area contributed by atoms with Gasteiger partial charge in [-0.1, -0.05) is 30.3 Å². The van der Waals surface area contributed by atoms with Crippen LogP contribution in [0, 0.1) is 0 Å². The van der Waals surface area contributed by atoms with Crippen molar-refractivity contribution in [3.63, 3.8) is 0 Å². The van der Waals surface area contributed by atoms with Gasteiger partial charge >= 0.3 is 0 Å². The van der Waals surface area contributed by atoms with E-state index in [9.17, 15) is 9.59 Å². The molecule has 0 unspecified atom stereocenters. The number of likely N-dealkylation sites (tertiary alicyclic amines) is 1. The number of hydrogen-bond acceptors (Lipinski definition) is 4. The second-order valence-electron chi connectivity index (χ2n) is 8.05. The highest BCUT2D eigenvalue weighted by Gasteiger charge is 2.19. The summed E-state index contributed by atoms with van der Waals surface area (Å²) in [5.41, 5.74) is 3.06. The Hall–Kier alpha value is -3.51. The number of anilines is 1. The first-order valence-electron chi connectivity index (χ1n) is 11.1. The summed E-state index contributed by atoms with van der Waals surface area (Å²) in [6.45, 7) is 1.68. The SMILES string of the molecule is O=C(Nc1ccc(-c2cc3ccccc3o2)cc1)c1ccccc1SCC(=O)N1CCCC1. The maximum atomic E-state index is 13.0. The molecule has 0 bridgehead atoms. The zero-order valence-corrected chi connectivity index (χ0v) is 18.9. The number of hydrogen-bond donors (Lipinski definition) is 1. The molecule has 4 aromatic rings. The van der Waals surface area contributed by atoms with Gasteiger partial charge in [0.15, 0.2) is 0 Å². The minimum atomic E-state index is -0.191. The van der Waals surface area contributed by atoms with Crippen molar-refractivity contribution in [3.8, 4) is 11.3 Å². The number of carbonyl (C=O) groups is 2. The molecule has 33 heavy (non-hydrogen) atoms. The van der Waals surface area contributed by atoms with E-state index in [1.165, 1.54) is 11.8 Å². The zero-order chi connectivity index (χ0) is 22.6. The van der Waals surface area contributed by atoms with Crippen LogP contribution in [-0.2, 0) is 4.79 Å². The first-order chi connectivity index (χ1) is 16.2. The summed E-state index contributed by atoms with van der Waals surface area (Å²) in [7, 11) is 0. The van der Waals surface area contributed by atoms with Crippen LogP contribution in [0.25, 0.3) is 22.3 Å². The summed E-state index contributed by atoms with van der Waals surface area (Å²) in [6, 6.07) is 24.9. The first kappa shape index (κ1) is 21.3. The van der Waals surface area contributed by atoms with E-state index in [1.807, 2.05) is 77.7 Å². The van der Waals surface area contributed by atoms with Crippen molar-refractivity contribution < 1.29 is 14.0 Å². The molecule has 1 saturated heterocycles. The second-order valence-corrected chi connectivity index (χ2v) is 9.07. The Balaban J connectivity index is 1.26. The fourth-order valence-electron chi connectivity index (χ4n) is 4.02. The molecule has 0 saturated carbocycles. The Morgan fingerprint density at radius 1 is 0.909 bits per heavy atom. The van der Waals surface area contributed by atoms with E-state index in [2.05, 4.69) is 5.32 Å². The normalized spacial score (nSPS) is 13.4. The molecule has 1 aliphatic heterocycles. The quantitative estimate of drug-likeness (QED) is 0.358. The van der Waals surface area contributed by atoms with E-state index in [4.69, 9.17) is 4.42 Å². The van der Waals surface area contributed by atoms with Gasteiger partial charge in [0.05, 0.1) is 11.3 Å². The molecule has 2 amide bonds. The topological polar surface area (TPSA) is 62.6 Å². The van der Waals surface area contributed by atoms with Crippen LogP contribution in [0.5, 0.6) is 0 Å². The predicted molar refractivity (Wildman–Crippen MR) is 133 cm³/mol. The van der Waals surface area contributed by atoms with Crippen molar-refractivity contribution >= 4 is 40.2 Å². The Kier molecular flexibility index (Phi) is 6.17. The molecular weight excluding hydrogens is 432 g/mol. The van der Waals surface area contributed by atoms with E-state index in [0.717, 1.165) is 53.1 Å². The highest BCUT2D eigenvalue weighted by molar-refractivity contribution is 8.00. The van der Waals surface area contributed by atoms with Crippen LogP contribution < -0.4 is 5.32 Å². The van der Waals surface area contributed by atoms with Crippen molar-refractivity contribution in [2.45, 2.75) is 17.7 Å². The summed E-state index contributed by atoms with van der Waals surface area (Å²) in [5, 5.41) is 4.03. The number of benzene rings is 3. The lowest BCUT2D eigenvalue weighted by molar-refractivity contribution is -0.127. The number of furan rings is 1. The van der Waals surface area contributed by atoms with Crippen LogP contribution in [0.2, 0.25) is 0 Å². The molecule has 1 aromatic heterocycles. The van der Waals surface area contributed by atoms with Gasteiger partial charge in [-0.15, -0.1) is 11.8 Å². The van der Waals surface area contributed by atoms with Crippen molar-refractivity contribution in [1.29, 1.82) is 0 Å². The number of carbonyl (C=O) groups excluding carboxylic acids is 2. The fourth-order valence-corrected chi connectivity index (χ4v) is 4.97. The van der Waals surface area contributed by atoms with Crippen LogP contribution in [0.4, 0.5) is 5.69 Å². The molecule has 2 heterocycles. The molecule has 3 aromatic carbocycles. The van der Waals surface area contributed by atoms with Gasteiger partial charge in [0.2, 0.25) is 5.91 Å². The summed E-state index contributed by atoms with van der Waals surface area (Å²) < 4.78 is 5.92. The average molecular weight is 457 g/mol. The van der Waals surface area contributed by atoms with Crippen molar-refractivity contribution in [1.82, 2.24) is 4.90 Å². The molecule has 1 aliphatic rings. The summed E-state index contributed by atoms with van der Waals surface area (Å²) >= 11 is 1.42. The average Bonchev–Trinajstić information content (AvgIpc) is 3.53. The smallest absolute Gasteiger partial charge is 0.256 e. The second kappa shape index (κ2) is 9.55. The number of fused-ring (bicyclic) bond motifs is 1. The first-order valence-corrected chi connectivity index (χ1v) is 12.1. The molecule has 0 radical (unpaired) electrons. The minimum Gasteiger partial charge on any atom is -0.456 e. The monoisotopic (exact) mass is 456 g/mol. The summed E-state index contributed by atoms with van der Waals surface area (Å²) in [5.74, 6) is 1.08. The van der Waals surface area contributed by atoms with Crippen molar-refractivity contribution in [3.05, 3.63) is 84.4 Å². The Morgan fingerprint density at radius 3 is 2.42 bits per heavy atom. The van der Waals surface area contributed by atoms with Gasteiger partial charge in [-0.25, -0.2) is 0 Å². The Bertz CT molecular complexity index is 1260. The highest BCUT2D eigenvalue weighted by atomic mass is 32.2. The molecule has 0 atom stereocenters. The van der Waals surface area contributed by atoms with Gasteiger partial charge in [0.25, 0.3) is 5.91 Å². The van der Waals surface area contributed by atoms with Crippen LogP contribution >= 0.6 is 11.8 Å². The molecule has 1 fully saturated rings. The molecule has 5 nitrogen and oxygen atoms in total. The van der Waals surface area contributed by atoms with Crippen LogP contribution in [0.3, 0.4) is 0 Å². The maximum Gasteiger partial charge on any atom is 0.256 e. The predicted octanol–water partition coefficient (Wildman–Crippen LogP) is 6.07. The standard InChI is InChI=1S/C27H24N2O3S/c30-26(29-15-5-6-16-29)18-33-25-10-4-2-8-22(25)27(31)28-21-13-11-19(12-14-21)24-17-20-7-1-3-9-23(20)32-24/h1-4,7-14,17H,5-6,15-16,18H2,(H,28,31). The van der Waals surface area contributed by atoms with Gasteiger partial charge < -0.3 is 14.6 Å². The molecule has 0 aliphatic carbocycles. The molecule has 5 rings (SSSR count). The zero-order valence-electron chi connectivity index (χ0n) is 18.1. The summed E-state index contributed by atoms with van der Waals surface area (Å²) in [6.07, 6.45) is 2.15. The van der Waals surface area contributed by atoms with E-state index in [0.29, 0.717) is 17.0 Å². The third kappa shape index (κ3) is 4.81. The number of amides is 2. The van der Waals surface area contributed by atoms with E-state index < -0.39 is 0 Å². The highest BCUT2D eigenvalue weighted by Crippen LogP contribution is 2.29. The number of thioether (sulfide) groups is 1. The maximum absolute atomic E-state index is 13.0. The van der Waals surface area contributed by atoms with E-state index >= 15 is 0 Å².